The lowest BCUT2D eigenvalue weighted by molar-refractivity contribution is -0.0251. The van der Waals surface area contributed by atoms with Gasteiger partial charge in [0.15, 0.2) is 0 Å². The van der Waals surface area contributed by atoms with Crippen LogP contribution in [0.3, 0.4) is 0 Å². The van der Waals surface area contributed by atoms with Gasteiger partial charge in [-0.1, -0.05) is 20.3 Å². The normalized spacial score (nSPS) is 22.0. The summed E-state index contributed by atoms with van der Waals surface area (Å²) in [7, 11) is 1.64. The lowest BCUT2D eigenvalue weighted by Gasteiger charge is -2.39. The molecule has 0 bridgehead atoms. The summed E-state index contributed by atoms with van der Waals surface area (Å²) >= 11 is 3.28. The molecule has 0 amide bonds. The van der Waals surface area contributed by atoms with Crippen molar-refractivity contribution in [1.29, 1.82) is 0 Å². The molecule has 14 heteroatoms. The largest absolute Gasteiger partial charge is 0.381 e. The highest BCUT2D eigenvalue weighted by molar-refractivity contribution is 8.00. The highest BCUT2D eigenvalue weighted by Gasteiger charge is 2.33. The van der Waals surface area contributed by atoms with Crippen molar-refractivity contribution in [3.8, 4) is 0 Å². The van der Waals surface area contributed by atoms with Gasteiger partial charge in [0.1, 0.15) is 35.0 Å². The van der Waals surface area contributed by atoms with Crippen molar-refractivity contribution < 1.29 is 18.9 Å². The minimum Gasteiger partial charge on any atom is -0.381 e. The van der Waals surface area contributed by atoms with Crippen LogP contribution in [0.2, 0.25) is 0 Å². The molecule has 2 aliphatic heterocycles. The van der Waals surface area contributed by atoms with Gasteiger partial charge in [-0.05, 0) is 39.7 Å². The van der Waals surface area contributed by atoms with Crippen LogP contribution in [0.25, 0.3) is 0 Å². The number of thioether (sulfide) groups is 2. The summed E-state index contributed by atoms with van der Waals surface area (Å²) in [5, 5.41) is 3.35. The Morgan fingerprint density at radius 2 is 1.70 bits per heavy atom. The fourth-order valence-corrected chi connectivity index (χ4v) is 7.47. The Bertz CT molecular complexity index is 1320. The number of aromatic nitrogens is 4. The number of methoxy groups -OCH3 is 1. The van der Waals surface area contributed by atoms with Gasteiger partial charge in [0.25, 0.3) is 0 Å². The number of likely N-dealkylation sites (N-methyl/N-ethyl adjacent to an activating group) is 1. The third-order valence-corrected chi connectivity index (χ3v) is 9.81. The topological polar surface area (TPSA) is 122 Å². The number of hydrogen-bond donors (Lipinski definition) is 1. The first-order valence-corrected chi connectivity index (χ1v) is 17.6. The summed E-state index contributed by atoms with van der Waals surface area (Å²) in [6.45, 7) is 13.5. The molecule has 2 saturated heterocycles. The van der Waals surface area contributed by atoms with Gasteiger partial charge in [-0.15, -0.1) is 23.5 Å². The SMILES string of the molecule is CCCCOC[C@H]1O[C@@H](n2cc(CC(C)(C)N(CC)c3ccn([C@H]4CS[C@@H](COC)O4)c(=O)n3)c(NCCC)nc2=O)CS1. The average molecular weight is 653 g/mol. The molecule has 0 spiro atoms. The van der Waals surface area contributed by atoms with Crippen LogP contribution in [0, 0.1) is 0 Å². The predicted molar refractivity (Wildman–Crippen MR) is 177 cm³/mol. The molecule has 2 fully saturated rings. The van der Waals surface area contributed by atoms with Crippen molar-refractivity contribution in [3.05, 3.63) is 45.0 Å². The predicted octanol–water partition coefficient (Wildman–Crippen LogP) is 4.11. The first-order chi connectivity index (χ1) is 21.2. The van der Waals surface area contributed by atoms with Crippen LogP contribution in [0.4, 0.5) is 11.6 Å². The smallest absolute Gasteiger partial charge is 0.351 e. The van der Waals surface area contributed by atoms with E-state index in [9.17, 15) is 9.59 Å². The zero-order valence-electron chi connectivity index (χ0n) is 26.8. The Balaban J connectivity index is 1.54. The average Bonchev–Trinajstić information content (AvgIpc) is 3.66. The molecular weight excluding hydrogens is 605 g/mol. The molecule has 44 heavy (non-hydrogen) atoms. The molecule has 4 atom stereocenters. The molecule has 246 valence electrons. The van der Waals surface area contributed by atoms with E-state index in [1.807, 2.05) is 19.2 Å². The molecular formula is C30H48N6O6S2. The molecule has 12 nitrogen and oxygen atoms in total. The van der Waals surface area contributed by atoms with Crippen molar-refractivity contribution in [3.63, 3.8) is 0 Å². The number of rotatable bonds is 17. The van der Waals surface area contributed by atoms with Gasteiger partial charge in [-0.3, -0.25) is 9.13 Å². The fourth-order valence-electron chi connectivity index (χ4n) is 5.39. The van der Waals surface area contributed by atoms with Gasteiger partial charge in [0.2, 0.25) is 0 Å². The third-order valence-electron chi connectivity index (χ3n) is 7.62. The summed E-state index contributed by atoms with van der Waals surface area (Å²) in [4.78, 5) is 37.4. The molecule has 2 aromatic heterocycles. The van der Waals surface area contributed by atoms with E-state index in [1.165, 1.54) is 0 Å². The number of ether oxygens (including phenoxy) is 4. The van der Waals surface area contributed by atoms with E-state index in [4.69, 9.17) is 18.9 Å². The molecule has 4 heterocycles. The highest BCUT2D eigenvalue weighted by atomic mass is 32.2. The molecule has 0 saturated carbocycles. The molecule has 2 aromatic rings. The lowest BCUT2D eigenvalue weighted by atomic mass is 9.93. The maximum absolute atomic E-state index is 13.2. The van der Waals surface area contributed by atoms with E-state index in [-0.39, 0.29) is 28.5 Å². The second-order valence-corrected chi connectivity index (χ2v) is 13.9. The molecule has 2 aliphatic rings. The summed E-state index contributed by atoms with van der Waals surface area (Å²) < 4.78 is 26.3. The molecule has 4 rings (SSSR count). The second kappa shape index (κ2) is 16.5. The van der Waals surface area contributed by atoms with E-state index in [1.54, 1.807) is 46.0 Å². The van der Waals surface area contributed by atoms with Gasteiger partial charge in [-0.2, -0.15) is 9.97 Å². The summed E-state index contributed by atoms with van der Waals surface area (Å²) in [6.07, 6.45) is 6.39. The van der Waals surface area contributed by atoms with E-state index in [0.29, 0.717) is 62.5 Å². The molecule has 0 aromatic carbocycles. The van der Waals surface area contributed by atoms with Crippen LogP contribution in [-0.2, 0) is 25.4 Å². The van der Waals surface area contributed by atoms with E-state index in [2.05, 4.69) is 47.9 Å². The van der Waals surface area contributed by atoms with Crippen molar-refractivity contribution in [2.24, 2.45) is 0 Å². The van der Waals surface area contributed by atoms with Crippen LogP contribution in [0.15, 0.2) is 28.0 Å². The van der Waals surface area contributed by atoms with Gasteiger partial charge in [0, 0.05) is 68.2 Å². The van der Waals surface area contributed by atoms with Crippen LogP contribution < -0.4 is 21.6 Å². The lowest BCUT2D eigenvalue weighted by Crippen LogP contribution is -2.47. The maximum Gasteiger partial charge on any atom is 0.351 e. The van der Waals surface area contributed by atoms with E-state index < -0.39 is 11.8 Å². The van der Waals surface area contributed by atoms with Gasteiger partial charge < -0.3 is 29.2 Å². The Morgan fingerprint density at radius 1 is 1.02 bits per heavy atom. The standard InChI is InChI=1S/C30H48N6O6S2/c1-7-10-14-40-18-26-42-24(20-44-26)35-16-21(27(31-12-8-2)33-29(35)38)15-30(4,5)36(9-3)22-11-13-34(28(37)32-22)23-19-43-25(41-23)17-39-6/h11,13,16,23-26H,7-10,12,14-15,17-20H2,1-6H3,(H,31,33,38)/t23-,24-,25+,26+/m1/s1. The third kappa shape index (κ3) is 8.79. The summed E-state index contributed by atoms with van der Waals surface area (Å²) in [6, 6.07) is 1.87. The quantitative estimate of drug-likeness (QED) is 0.248. The van der Waals surface area contributed by atoms with Crippen molar-refractivity contribution >= 4 is 35.2 Å². The van der Waals surface area contributed by atoms with Crippen molar-refractivity contribution in [2.45, 2.75) is 89.2 Å². The monoisotopic (exact) mass is 652 g/mol. The zero-order chi connectivity index (χ0) is 31.7. The first kappa shape index (κ1) is 34.8. The van der Waals surface area contributed by atoms with Crippen LogP contribution in [0.5, 0.6) is 0 Å². The van der Waals surface area contributed by atoms with Crippen molar-refractivity contribution in [2.75, 3.05) is 61.7 Å². The number of nitrogens with one attached hydrogen (secondary N) is 1. The zero-order valence-corrected chi connectivity index (χ0v) is 28.5. The second-order valence-electron chi connectivity index (χ2n) is 11.5. The highest BCUT2D eigenvalue weighted by Crippen LogP contribution is 2.34. The van der Waals surface area contributed by atoms with Gasteiger partial charge >= 0.3 is 11.4 Å². The molecule has 0 aliphatic carbocycles. The minimum absolute atomic E-state index is 0.103. The van der Waals surface area contributed by atoms with Crippen LogP contribution >= 0.6 is 23.5 Å². The Labute approximate surface area is 268 Å². The van der Waals surface area contributed by atoms with E-state index in [0.717, 1.165) is 24.8 Å². The molecule has 0 unspecified atom stereocenters. The Hall–Kier alpha value is -2.10. The Kier molecular flexibility index (Phi) is 13.0. The van der Waals surface area contributed by atoms with Crippen LogP contribution in [0.1, 0.15) is 71.9 Å². The summed E-state index contributed by atoms with van der Waals surface area (Å²) in [5.41, 5.74) is -0.507. The van der Waals surface area contributed by atoms with Crippen LogP contribution in [-0.4, -0.2) is 87.0 Å². The fraction of sp³-hybridized carbons (Fsp3) is 0.733. The van der Waals surface area contributed by atoms with Gasteiger partial charge in [-0.25, -0.2) is 9.59 Å². The first-order valence-electron chi connectivity index (χ1n) is 15.5. The number of nitrogens with zero attached hydrogens (tertiary/aromatic N) is 5. The minimum atomic E-state index is -0.475. The molecule has 0 radical (unpaired) electrons. The van der Waals surface area contributed by atoms with Crippen molar-refractivity contribution in [1.82, 2.24) is 19.1 Å². The van der Waals surface area contributed by atoms with Gasteiger partial charge in [0.05, 0.1) is 13.2 Å². The maximum atomic E-state index is 13.2. The number of hydrogen-bond acceptors (Lipinski definition) is 12. The number of unbranched alkanes of at least 4 members (excludes halogenated alkanes) is 1. The number of anilines is 2. The summed E-state index contributed by atoms with van der Waals surface area (Å²) in [5.74, 6) is 2.46. The molecule has 1 N–H and O–H groups in total. The Morgan fingerprint density at radius 3 is 2.34 bits per heavy atom. The van der Waals surface area contributed by atoms with E-state index >= 15 is 0 Å².